The summed E-state index contributed by atoms with van der Waals surface area (Å²) >= 11 is 0. The Morgan fingerprint density at radius 2 is 2.10 bits per heavy atom. The van der Waals surface area contributed by atoms with Gasteiger partial charge >= 0.3 is 0 Å². The van der Waals surface area contributed by atoms with Crippen LogP contribution < -0.4 is 5.73 Å². The van der Waals surface area contributed by atoms with Crippen molar-refractivity contribution in [3.05, 3.63) is 53.9 Å². The Hall–Kier alpha value is -3.20. The molecule has 2 aromatic heterocycles. The molecule has 3 aromatic rings. The van der Waals surface area contributed by atoms with Crippen LogP contribution in [0.1, 0.15) is 16.1 Å². The molecular formula is C15H11N5O. The number of hydrogen-bond donors (Lipinski definition) is 1. The lowest BCUT2D eigenvalue weighted by molar-refractivity contribution is 0.0900. The summed E-state index contributed by atoms with van der Waals surface area (Å²) in [5.41, 5.74) is 7.34. The number of rotatable bonds is 2. The van der Waals surface area contributed by atoms with E-state index in [9.17, 15) is 4.79 Å². The van der Waals surface area contributed by atoms with E-state index in [2.05, 4.69) is 10.1 Å². The molecule has 0 saturated carbocycles. The number of nitriles is 1. The second-order valence-corrected chi connectivity index (χ2v) is 4.53. The van der Waals surface area contributed by atoms with Crippen LogP contribution in [0.4, 0.5) is 5.82 Å². The zero-order chi connectivity index (χ0) is 14.8. The van der Waals surface area contributed by atoms with Crippen LogP contribution in [-0.2, 0) is 6.42 Å². The number of hydrogen-bond acceptors (Lipinski definition) is 5. The number of pyridine rings is 1. The Kier molecular flexibility index (Phi) is 3.09. The van der Waals surface area contributed by atoms with E-state index >= 15 is 0 Å². The third kappa shape index (κ3) is 2.32. The topological polar surface area (TPSA) is 97.6 Å². The van der Waals surface area contributed by atoms with Gasteiger partial charge in [0.2, 0.25) is 0 Å². The summed E-state index contributed by atoms with van der Waals surface area (Å²) in [7, 11) is 0. The molecule has 3 rings (SSSR count). The van der Waals surface area contributed by atoms with Crippen LogP contribution >= 0.6 is 0 Å². The summed E-state index contributed by atoms with van der Waals surface area (Å²) in [4.78, 5) is 16.6. The minimum absolute atomic E-state index is 0.0586. The highest BCUT2D eigenvalue weighted by Crippen LogP contribution is 2.14. The van der Waals surface area contributed by atoms with Gasteiger partial charge in [-0.15, -0.1) is 0 Å². The average Bonchev–Trinajstić information content (AvgIpc) is 2.88. The molecule has 1 aromatic carbocycles. The molecule has 0 unspecified atom stereocenters. The SMILES string of the molecule is N#Cc1cnn(C(=O)Cc2ccc3ccccc3n2)c1N. The van der Waals surface area contributed by atoms with Gasteiger partial charge in [0.25, 0.3) is 5.91 Å². The molecule has 6 heteroatoms. The van der Waals surface area contributed by atoms with Gasteiger partial charge in [-0.3, -0.25) is 9.78 Å². The fraction of sp³-hybridized carbons (Fsp3) is 0.0667. The molecule has 0 amide bonds. The first-order valence-electron chi connectivity index (χ1n) is 6.30. The fourth-order valence-corrected chi connectivity index (χ4v) is 2.08. The first kappa shape index (κ1) is 12.8. The predicted molar refractivity (Wildman–Crippen MR) is 77.4 cm³/mol. The lowest BCUT2D eigenvalue weighted by Crippen LogP contribution is -2.18. The number of carbonyl (C=O) groups excluding carboxylic acids is 1. The molecule has 0 fully saturated rings. The maximum atomic E-state index is 12.2. The number of nitrogens with two attached hydrogens (primary N) is 1. The van der Waals surface area contributed by atoms with Crippen LogP contribution in [0.25, 0.3) is 10.9 Å². The van der Waals surface area contributed by atoms with Crippen molar-refractivity contribution in [3.8, 4) is 6.07 Å². The summed E-state index contributed by atoms with van der Waals surface area (Å²) < 4.78 is 1.04. The zero-order valence-corrected chi connectivity index (χ0v) is 11.0. The van der Waals surface area contributed by atoms with E-state index in [1.807, 2.05) is 36.4 Å². The van der Waals surface area contributed by atoms with Gasteiger partial charge in [0, 0.05) is 5.39 Å². The van der Waals surface area contributed by atoms with Crippen molar-refractivity contribution in [3.63, 3.8) is 0 Å². The second kappa shape index (κ2) is 5.06. The molecule has 0 atom stereocenters. The Bertz CT molecular complexity index is 875. The normalized spacial score (nSPS) is 10.4. The summed E-state index contributed by atoms with van der Waals surface area (Å²) in [6, 6.07) is 13.3. The number of nitrogens with zero attached hydrogens (tertiary/aromatic N) is 4. The summed E-state index contributed by atoms with van der Waals surface area (Å²) in [5.74, 6) is -0.264. The minimum Gasteiger partial charge on any atom is -0.382 e. The van der Waals surface area contributed by atoms with Crippen molar-refractivity contribution in [2.45, 2.75) is 6.42 Å². The number of carbonyl (C=O) groups is 1. The quantitative estimate of drug-likeness (QED) is 0.769. The molecule has 2 heterocycles. The number of anilines is 1. The lowest BCUT2D eigenvalue weighted by Gasteiger charge is -2.04. The van der Waals surface area contributed by atoms with E-state index in [0.717, 1.165) is 15.6 Å². The van der Waals surface area contributed by atoms with Crippen LogP contribution in [0, 0.1) is 11.3 Å². The van der Waals surface area contributed by atoms with Crippen molar-refractivity contribution >= 4 is 22.6 Å². The predicted octanol–water partition coefficient (Wildman–Crippen LogP) is 1.77. The van der Waals surface area contributed by atoms with Gasteiger partial charge in [0.1, 0.15) is 17.5 Å². The van der Waals surface area contributed by atoms with E-state index in [4.69, 9.17) is 11.0 Å². The first-order chi connectivity index (χ1) is 10.2. The molecule has 0 radical (unpaired) electrons. The summed E-state index contributed by atoms with van der Waals surface area (Å²) in [6.45, 7) is 0. The third-order valence-electron chi connectivity index (χ3n) is 3.15. The number of aromatic nitrogens is 3. The molecule has 0 saturated heterocycles. The van der Waals surface area contributed by atoms with Gasteiger partial charge in [0.05, 0.1) is 23.8 Å². The molecule has 0 bridgehead atoms. The maximum Gasteiger partial charge on any atom is 0.254 e. The van der Waals surface area contributed by atoms with Gasteiger partial charge in [-0.05, 0) is 12.1 Å². The van der Waals surface area contributed by atoms with E-state index < -0.39 is 0 Å². The summed E-state index contributed by atoms with van der Waals surface area (Å²) in [6.07, 6.45) is 1.35. The largest absolute Gasteiger partial charge is 0.382 e. The Labute approximate surface area is 120 Å². The van der Waals surface area contributed by atoms with E-state index in [1.54, 1.807) is 6.07 Å². The maximum absolute atomic E-state index is 12.2. The van der Waals surface area contributed by atoms with Crippen molar-refractivity contribution in [1.29, 1.82) is 5.26 Å². The van der Waals surface area contributed by atoms with Crippen molar-refractivity contribution in [1.82, 2.24) is 14.8 Å². The Morgan fingerprint density at radius 1 is 1.29 bits per heavy atom. The summed E-state index contributed by atoms with van der Waals surface area (Å²) in [5, 5.41) is 13.7. The monoisotopic (exact) mass is 277 g/mol. The smallest absolute Gasteiger partial charge is 0.254 e. The van der Waals surface area contributed by atoms with Crippen LogP contribution in [0.5, 0.6) is 0 Å². The van der Waals surface area contributed by atoms with Crippen molar-refractivity contribution in [2.24, 2.45) is 0 Å². The van der Waals surface area contributed by atoms with Crippen molar-refractivity contribution in [2.75, 3.05) is 5.73 Å². The molecule has 0 aliphatic rings. The van der Waals surface area contributed by atoms with Crippen LogP contribution in [0.2, 0.25) is 0 Å². The van der Waals surface area contributed by atoms with Crippen LogP contribution in [0.15, 0.2) is 42.6 Å². The first-order valence-corrected chi connectivity index (χ1v) is 6.30. The van der Waals surface area contributed by atoms with Gasteiger partial charge in [0.15, 0.2) is 0 Å². The standard InChI is InChI=1S/C15H11N5O/c16-8-11-9-18-20(15(11)17)14(21)7-12-6-5-10-3-1-2-4-13(10)19-12/h1-6,9H,7,17H2. The molecule has 2 N–H and O–H groups in total. The van der Waals surface area contributed by atoms with Crippen LogP contribution in [0.3, 0.4) is 0 Å². The highest BCUT2D eigenvalue weighted by Gasteiger charge is 2.14. The van der Waals surface area contributed by atoms with Gasteiger partial charge < -0.3 is 5.73 Å². The zero-order valence-electron chi connectivity index (χ0n) is 11.0. The lowest BCUT2D eigenvalue weighted by atomic mass is 10.2. The fourth-order valence-electron chi connectivity index (χ4n) is 2.08. The highest BCUT2D eigenvalue weighted by atomic mass is 16.2. The average molecular weight is 277 g/mol. The third-order valence-corrected chi connectivity index (χ3v) is 3.15. The van der Waals surface area contributed by atoms with Gasteiger partial charge in [-0.25, -0.2) is 0 Å². The number of fused-ring (bicyclic) bond motifs is 1. The molecule has 0 spiro atoms. The van der Waals surface area contributed by atoms with E-state index in [1.165, 1.54) is 6.20 Å². The number of para-hydroxylation sites is 1. The Balaban J connectivity index is 1.89. The molecule has 6 nitrogen and oxygen atoms in total. The number of benzene rings is 1. The van der Waals surface area contributed by atoms with Gasteiger partial charge in [-0.2, -0.15) is 15.0 Å². The van der Waals surface area contributed by atoms with E-state index in [0.29, 0.717) is 5.69 Å². The van der Waals surface area contributed by atoms with Crippen LogP contribution in [-0.4, -0.2) is 20.7 Å². The molecular weight excluding hydrogens is 266 g/mol. The molecule has 0 aliphatic carbocycles. The van der Waals surface area contributed by atoms with E-state index in [-0.39, 0.29) is 23.7 Å². The van der Waals surface area contributed by atoms with Gasteiger partial charge in [-0.1, -0.05) is 24.3 Å². The molecule has 102 valence electrons. The molecule has 0 aliphatic heterocycles. The molecule has 21 heavy (non-hydrogen) atoms. The Morgan fingerprint density at radius 3 is 2.86 bits per heavy atom. The minimum atomic E-state index is -0.322. The number of nitrogen functional groups attached to an aromatic ring is 1. The van der Waals surface area contributed by atoms with Crippen molar-refractivity contribution < 1.29 is 4.79 Å². The highest BCUT2D eigenvalue weighted by molar-refractivity contribution is 5.85. The second-order valence-electron chi connectivity index (χ2n) is 4.53.